The largest absolute Gasteiger partial charge is 0.496 e. The van der Waals surface area contributed by atoms with Crippen LogP contribution in [0.25, 0.3) is 0 Å². The molecule has 0 saturated heterocycles. The predicted molar refractivity (Wildman–Crippen MR) is 86.8 cm³/mol. The van der Waals surface area contributed by atoms with Gasteiger partial charge in [-0.1, -0.05) is 0 Å². The van der Waals surface area contributed by atoms with E-state index >= 15 is 0 Å². The molecular weight excluding hydrogens is 302 g/mol. The molecule has 2 aromatic rings. The second kappa shape index (κ2) is 7.95. The van der Waals surface area contributed by atoms with E-state index in [0.717, 1.165) is 22.6 Å². The lowest BCUT2D eigenvalue weighted by Gasteiger charge is -2.16. The molecule has 2 rings (SSSR count). The number of imidazole rings is 1. The Labute approximate surface area is 132 Å². The molecule has 0 radical (unpaired) electrons. The summed E-state index contributed by atoms with van der Waals surface area (Å²) in [4.78, 5) is 6.96. The Balaban J connectivity index is 2.26. The predicted octanol–water partition coefficient (Wildman–Crippen LogP) is 2.09. The molecule has 22 heavy (non-hydrogen) atoms. The number of ether oxygens (including phenoxy) is 2. The standard InChI is InChI=1S/C15H21N3O3S/c1-11-12(10-22(19)15-17-6-7-18-15)13(16-8-9-20-2)4-5-14(11)21-3/h4-7,16H,8-10H2,1-3H3,(H,17,18). The lowest BCUT2D eigenvalue weighted by molar-refractivity contribution is 0.211. The number of benzene rings is 1. The highest BCUT2D eigenvalue weighted by atomic mass is 32.2. The Morgan fingerprint density at radius 3 is 2.82 bits per heavy atom. The van der Waals surface area contributed by atoms with Crippen LogP contribution in [0, 0.1) is 6.92 Å². The Morgan fingerprint density at radius 1 is 1.36 bits per heavy atom. The molecule has 0 bridgehead atoms. The number of rotatable bonds is 8. The lowest BCUT2D eigenvalue weighted by Crippen LogP contribution is -2.11. The molecule has 0 amide bonds. The fraction of sp³-hybridized carbons (Fsp3) is 0.400. The molecular formula is C15H21N3O3S. The maximum atomic E-state index is 12.4. The summed E-state index contributed by atoms with van der Waals surface area (Å²) in [5.41, 5.74) is 2.88. The van der Waals surface area contributed by atoms with Crippen LogP contribution in [0.2, 0.25) is 0 Å². The summed E-state index contributed by atoms with van der Waals surface area (Å²) in [6, 6.07) is 3.85. The molecule has 1 unspecified atom stereocenters. The molecule has 1 aromatic carbocycles. The number of aromatic amines is 1. The molecule has 120 valence electrons. The van der Waals surface area contributed by atoms with Crippen molar-refractivity contribution in [3.63, 3.8) is 0 Å². The molecule has 2 N–H and O–H groups in total. The minimum atomic E-state index is -1.23. The topological polar surface area (TPSA) is 76.2 Å². The van der Waals surface area contributed by atoms with Crippen molar-refractivity contribution in [3.8, 4) is 5.75 Å². The summed E-state index contributed by atoms with van der Waals surface area (Å²) in [6.07, 6.45) is 3.27. The van der Waals surface area contributed by atoms with Gasteiger partial charge < -0.3 is 19.8 Å². The highest BCUT2D eigenvalue weighted by Crippen LogP contribution is 2.29. The highest BCUT2D eigenvalue weighted by molar-refractivity contribution is 7.84. The number of anilines is 1. The molecule has 6 nitrogen and oxygen atoms in total. The number of methoxy groups -OCH3 is 2. The summed E-state index contributed by atoms with van der Waals surface area (Å²) >= 11 is 0. The highest BCUT2D eigenvalue weighted by Gasteiger charge is 2.15. The number of nitrogens with zero attached hydrogens (tertiary/aromatic N) is 1. The Kier molecular flexibility index (Phi) is 5.97. The van der Waals surface area contributed by atoms with Gasteiger partial charge in [0.25, 0.3) is 0 Å². The third-order valence-corrected chi connectivity index (χ3v) is 4.56. The second-order valence-electron chi connectivity index (χ2n) is 4.72. The third-order valence-electron chi connectivity index (χ3n) is 3.35. The first-order chi connectivity index (χ1) is 10.7. The fourth-order valence-corrected chi connectivity index (χ4v) is 3.32. The molecule has 0 saturated carbocycles. The summed E-state index contributed by atoms with van der Waals surface area (Å²) in [5, 5.41) is 3.79. The van der Waals surface area contributed by atoms with Gasteiger partial charge in [0.1, 0.15) is 5.75 Å². The van der Waals surface area contributed by atoms with Crippen LogP contribution in [0.5, 0.6) is 5.75 Å². The van der Waals surface area contributed by atoms with Gasteiger partial charge in [0.15, 0.2) is 5.16 Å². The molecule has 0 aliphatic carbocycles. The normalized spacial score (nSPS) is 12.1. The quantitative estimate of drug-likeness (QED) is 0.728. The zero-order valence-electron chi connectivity index (χ0n) is 13.0. The van der Waals surface area contributed by atoms with E-state index in [1.165, 1.54) is 0 Å². The van der Waals surface area contributed by atoms with Crippen molar-refractivity contribution in [1.29, 1.82) is 0 Å². The second-order valence-corrected chi connectivity index (χ2v) is 6.09. The van der Waals surface area contributed by atoms with Crippen molar-refractivity contribution in [1.82, 2.24) is 9.97 Å². The minimum Gasteiger partial charge on any atom is -0.496 e. The van der Waals surface area contributed by atoms with E-state index in [1.807, 2.05) is 19.1 Å². The van der Waals surface area contributed by atoms with Crippen LogP contribution >= 0.6 is 0 Å². The van der Waals surface area contributed by atoms with Crippen LogP contribution in [0.3, 0.4) is 0 Å². The number of H-pyrrole nitrogens is 1. The Hall–Kier alpha value is -1.86. The van der Waals surface area contributed by atoms with Crippen LogP contribution in [0.15, 0.2) is 29.7 Å². The zero-order valence-corrected chi connectivity index (χ0v) is 13.8. The molecule has 0 fully saturated rings. The number of aromatic nitrogens is 2. The van der Waals surface area contributed by atoms with Crippen molar-refractivity contribution in [3.05, 3.63) is 35.7 Å². The van der Waals surface area contributed by atoms with Gasteiger partial charge in [-0.25, -0.2) is 4.98 Å². The van der Waals surface area contributed by atoms with Gasteiger partial charge >= 0.3 is 0 Å². The average molecular weight is 323 g/mol. The van der Waals surface area contributed by atoms with Gasteiger partial charge in [0.05, 0.1) is 30.3 Å². The van der Waals surface area contributed by atoms with E-state index in [0.29, 0.717) is 24.1 Å². The molecule has 1 heterocycles. The minimum absolute atomic E-state index is 0.367. The smallest absolute Gasteiger partial charge is 0.196 e. The van der Waals surface area contributed by atoms with Gasteiger partial charge in [-0.3, -0.25) is 4.21 Å². The lowest BCUT2D eigenvalue weighted by atomic mass is 10.1. The number of hydrogen-bond acceptors (Lipinski definition) is 5. The summed E-state index contributed by atoms with van der Waals surface area (Å²) < 4.78 is 22.9. The maximum Gasteiger partial charge on any atom is 0.196 e. The molecule has 1 aromatic heterocycles. The van der Waals surface area contributed by atoms with Crippen LogP contribution in [0.4, 0.5) is 5.69 Å². The molecule has 1 atom stereocenters. The maximum absolute atomic E-state index is 12.4. The van der Waals surface area contributed by atoms with E-state index in [9.17, 15) is 4.21 Å². The first-order valence-corrected chi connectivity index (χ1v) is 8.26. The first-order valence-electron chi connectivity index (χ1n) is 6.94. The third kappa shape index (κ3) is 3.86. The van der Waals surface area contributed by atoms with E-state index in [2.05, 4.69) is 15.3 Å². The molecule has 7 heteroatoms. The Morgan fingerprint density at radius 2 is 2.18 bits per heavy atom. The van der Waals surface area contributed by atoms with Crippen molar-refractivity contribution in [2.24, 2.45) is 0 Å². The van der Waals surface area contributed by atoms with Crippen LogP contribution in [0.1, 0.15) is 11.1 Å². The van der Waals surface area contributed by atoms with E-state index < -0.39 is 10.8 Å². The molecule has 0 aliphatic heterocycles. The number of hydrogen-bond donors (Lipinski definition) is 2. The van der Waals surface area contributed by atoms with E-state index in [-0.39, 0.29) is 0 Å². The van der Waals surface area contributed by atoms with Gasteiger partial charge in [-0.15, -0.1) is 0 Å². The summed E-state index contributed by atoms with van der Waals surface area (Å²) in [6.45, 7) is 3.25. The van der Waals surface area contributed by atoms with Gasteiger partial charge in [-0.05, 0) is 30.2 Å². The zero-order chi connectivity index (χ0) is 15.9. The van der Waals surface area contributed by atoms with E-state index in [1.54, 1.807) is 26.6 Å². The molecule has 0 spiro atoms. The van der Waals surface area contributed by atoms with Gasteiger partial charge in [0, 0.05) is 31.7 Å². The SMILES string of the molecule is COCCNc1ccc(OC)c(C)c1CS(=O)c1ncc[nH]1. The van der Waals surface area contributed by atoms with Crippen molar-refractivity contribution < 1.29 is 13.7 Å². The van der Waals surface area contributed by atoms with Crippen LogP contribution in [-0.2, 0) is 21.3 Å². The fourth-order valence-electron chi connectivity index (χ4n) is 2.17. The number of nitrogens with one attached hydrogen (secondary N) is 2. The first kappa shape index (κ1) is 16.5. The summed E-state index contributed by atoms with van der Waals surface area (Å²) in [5.74, 6) is 1.15. The van der Waals surface area contributed by atoms with Gasteiger partial charge in [0.2, 0.25) is 0 Å². The van der Waals surface area contributed by atoms with Gasteiger partial charge in [-0.2, -0.15) is 0 Å². The van der Waals surface area contributed by atoms with Crippen molar-refractivity contribution >= 4 is 16.5 Å². The average Bonchev–Trinajstić information content (AvgIpc) is 3.05. The van der Waals surface area contributed by atoms with Crippen LogP contribution < -0.4 is 10.1 Å². The summed E-state index contributed by atoms with van der Waals surface area (Å²) in [7, 11) is 2.06. The molecule has 0 aliphatic rings. The van der Waals surface area contributed by atoms with Crippen molar-refractivity contribution in [2.45, 2.75) is 17.8 Å². The Bertz CT molecular complexity index is 629. The van der Waals surface area contributed by atoms with Crippen molar-refractivity contribution in [2.75, 3.05) is 32.7 Å². The van der Waals surface area contributed by atoms with E-state index in [4.69, 9.17) is 9.47 Å². The van der Waals surface area contributed by atoms with Crippen LogP contribution in [-0.4, -0.2) is 41.5 Å². The monoisotopic (exact) mass is 323 g/mol.